The summed E-state index contributed by atoms with van der Waals surface area (Å²) in [5.74, 6) is -0.252. The summed E-state index contributed by atoms with van der Waals surface area (Å²) >= 11 is 0. The first-order valence-electron chi connectivity index (χ1n) is 8.22. The molecule has 27 heavy (non-hydrogen) atoms. The van der Waals surface area contributed by atoms with Gasteiger partial charge in [-0.15, -0.1) is 0 Å². The fourth-order valence-corrected chi connectivity index (χ4v) is 2.74. The van der Waals surface area contributed by atoms with Crippen LogP contribution in [0.2, 0.25) is 0 Å². The maximum absolute atomic E-state index is 12.8. The van der Waals surface area contributed by atoms with Gasteiger partial charge >= 0.3 is 6.18 Å². The fraction of sp³-hybridized carbons (Fsp3) is 0.143. The van der Waals surface area contributed by atoms with Gasteiger partial charge in [-0.2, -0.15) is 13.2 Å². The van der Waals surface area contributed by atoms with Crippen molar-refractivity contribution in [2.24, 2.45) is 0 Å². The molecule has 1 heterocycles. The van der Waals surface area contributed by atoms with Crippen LogP contribution in [0.4, 0.5) is 13.2 Å². The Morgan fingerprint density at radius 2 is 1.67 bits per heavy atom. The lowest BCUT2D eigenvalue weighted by molar-refractivity contribution is -0.137. The fourth-order valence-electron chi connectivity index (χ4n) is 2.74. The van der Waals surface area contributed by atoms with Crippen molar-refractivity contribution in [2.45, 2.75) is 19.6 Å². The highest BCUT2D eigenvalue weighted by Crippen LogP contribution is 2.32. The highest BCUT2D eigenvalue weighted by atomic mass is 19.4. The molecule has 3 aromatic rings. The lowest BCUT2D eigenvalue weighted by Crippen LogP contribution is -2.23. The summed E-state index contributed by atoms with van der Waals surface area (Å²) < 4.78 is 39.9. The molecule has 0 unspecified atom stereocenters. The summed E-state index contributed by atoms with van der Waals surface area (Å²) in [5, 5.41) is 0. The molecule has 0 radical (unpaired) electrons. The van der Waals surface area contributed by atoms with Gasteiger partial charge in [-0.05, 0) is 35.7 Å². The lowest BCUT2D eigenvalue weighted by atomic mass is 10.0. The Balaban J connectivity index is 1.82. The number of rotatable bonds is 4. The van der Waals surface area contributed by atoms with Crippen LogP contribution in [0, 0.1) is 6.92 Å². The minimum atomic E-state index is -4.41. The van der Waals surface area contributed by atoms with Gasteiger partial charge in [0.1, 0.15) is 0 Å². The number of carbonyl (C=O) groups excluding carboxylic acids is 1. The molecule has 0 amide bonds. The van der Waals surface area contributed by atoms with Gasteiger partial charge in [-0.3, -0.25) is 9.59 Å². The van der Waals surface area contributed by atoms with Crippen LogP contribution in [0.3, 0.4) is 0 Å². The minimum Gasteiger partial charge on any atom is -0.307 e. The van der Waals surface area contributed by atoms with Crippen LogP contribution in [0.25, 0.3) is 11.1 Å². The molecule has 3 rings (SSSR count). The molecule has 0 saturated carbocycles. The van der Waals surface area contributed by atoms with E-state index in [1.165, 1.54) is 16.7 Å². The monoisotopic (exact) mass is 371 g/mol. The molecule has 2 aromatic carbocycles. The second-order valence-electron chi connectivity index (χ2n) is 6.25. The van der Waals surface area contributed by atoms with E-state index in [1.807, 2.05) is 6.92 Å². The molecule has 0 aliphatic rings. The molecule has 0 atom stereocenters. The molecule has 0 fully saturated rings. The Labute approximate surface area is 153 Å². The molecule has 0 spiro atoms. The SMILES string of the molecule is Cc1ccc(=O)n(CC(=O)c2ccc(-c3cccc(C(F)(F)F)c3)cc2)c1. The number of benzene rings is 2. The van der Waals surface area contributed by atoms with Crippen molar-refractivity contribution in [2.75, 3.05) is 0 Å². The first-order chi connectivity index (χ1) is 12.7. The van der Waals surface area contributed by atoms with Gasteiger partial charge in [-0.1, -0.05) is 42.5 Å². The molecule has 0 aliphatic heterocycles. The molecule has 6 heteroatoms. The zero-order chi connectivity index (χ0) is 19.6. The van der Waals surface area contributed by atoms with Crippen molar-refractivity contribution in [3.05, 3.63) is 93.9 Å². The topological polar surface area (TPSA) is 39.1 Å². The number of halogens is 3. The second kappa shape index (κ2) is 7.23. The van der Waals surface area contributed by atoms with Gasteiger partial charge < -0.3 is 4.57 Å². The van der Waals surface area contributed by atoms with Gasteiger partial charge in [0.2, 0.25) is 0 Å². The standard InChI is InChI=1S/C21H16F3NO2/c1-14-5-10-20(27)25(12-14)13-19(26)16-8-6-15(7-9-16)17-3-2-4-18(11-17)21(22,23)24/h2-12H,13H2,1H3. The van der Waals surface area contributed by atoms with Crippen molar-refractivity contribution in [3.63, 3.8) is 0 Å². The number of ketones is 1. The van der Waals surface area contributed by atoms with Gasteiger partial charge in [0, 0.05) is 17.8 Å². The molecule has 0 aliphatic carbocycles. The van der Waals surface area contributed by atoms with Crippen LogP contribution < -0.4 is 5.56 Å². The predicted molar refractivity (Wildman–Crippen MR) is 96.6 cm³/mol. The molecule has 3 nitrogen and oxygen atoms in total. The molecule has 1 aromatic heterocycles. The maximum Gasteiger partial charge on any atom is 0.416 e. The third-order valence-electron chi connectivity index (χ3n) is 4.18. The van der Waals surface area contributed by atoms with Crippen LogP contribution in [-0.2, 0) is 12.7 Å². The Morgan fingerprint density at radius 3 is 2.33 bits per heavy atom. The number of aryl methyl sites for hydroxylation is 1. The lowest BCUT2D eigenvalue weighted by Gasteiger charge is -2.10. The Kier molecular flexibility index (Phi) is 4.99. The van der Waals surface area contributed by atoms with E-state index in [9.17, 15) is 22.8 Å². The normalized spacial score (nSPS) is 11.4. The summed E-state index contributed by atoms with van der Waals surface area (Å²) in [6, 6.07) is 14.4. The summed E-state index contributed by atoms with van der Waals surface area (Å²) in [4.78, 5) is 24.2. The molecule has 138 valence electrons. The number of alkyl halides is 3. The van der Waals surface area contributed by atoms with Gasteiger partial charge in [-0.25, -0.2) is 0 Å². The number of aromatic nitrogens is 1. The van der Waals surface area contributed by atoms with E-state index in [4.69, 9.17) is 0 Å². The van der Waals surface area contributed by atoms with Crippen LogP contribution >= 0.6 is 0 Å². The number of Topliss-reactive ketones (excluding diaryl/α,β-unsaturated/α-hetero) is 1. The number of hydrogen-bond acceptors (Lipinski definition) is 2. The van der Waals surface area contributed by atoms with Crippen LogP contribution in [0.5, 0.6) is 0 Å². The van der Waals surface area contributed by atoms with E-state index in [1.54, 1.807) is 42.6 Å². The first kappa shape index (κ1) is 18.6. The Morgan fingerprint density at radius 1 is 0.963 bits per heavy atom. The Hall–Kier alpha value is -3.15. The van der Waals surface area contributed by atoms with Gasteiger partial charge in [0.25, 0.3) is 5.56 Å². The van der Waals surface area contributed by atoms with Gasteiger partial charge in [0.05, 0.1) is 12.1 Å². The molecular formula is C21H16F3NO2. The zero-order valence-corrected chi connectivity index (χ0v) is 14.5. The van der Waals surface area contributed by atoms with Crippen LogP contribution in [-0.4, -0.2) is 10.4 Å². The van der Waals surface area contributed by atoms with E-state index in [0.717, 1.165) is 17.7 Å². The molecule has 0 bridgehead atoms. The van der Waals surface area contributed by atoms with Crippen LogP contribution in [0.15, 0.2) is 71.7 Å². The summed E-state index contributed by atoms with van der Waals surface area (Å²) in [7, 11) is 0. The number of hydrogen-bond donors (Lipinski definition) is 0. The van der Waals surface area contributed by atoms with E-state index < -0.39 is 11.7 Å². The number of carbonyl (C=O) groups is 1. The number of pyridine rings is 1. The van der Waals surface area contributed by atoms with Crippen molar-refractivity contribution in [1.29, 1.82) is 0 Å². The second-order valence-corrected chi connectivity index (χ2v) is 6.25. The predicted octanol–water partition coefficient (Wildman–Crippen LogP) is 4.73. The van der Waals surface area contributed by atoms with Crippen molar-refractivity contribution >= 4 is 5.78 Å². The molecule has 0 N–H and O–H groups in total. The first-order valence-corrected chi connectivity index (χ1v) is 8.22. The average Bonchev–Trinajstić information content (AvgIpc) is 2.64. The van der Waals surface area contributed by atoms with Gasteiger partial charge in [0.15, 0.2) is 5.78 Å². The number of nitrogens with zero attached hydrogens (tertiary/aromatic N) is 1. The van der Waals surface area contributed by atoms with Crippen molar-refractivity contribution < 1.29 is 18.0 Å². The molecule has 0 saturated heterocycles. The van der Waals surface area contributed by atoms with Crippen LogP contribution in [0.1, 0.15) is 21.5 Å². The van der Waals surface area contributed by atoms with Crippen molar-refractivity contribution in [3.8, 4) is 11.1 Å². The van der Waals surface area contributed by atoms with E-state index in [0.29, 0.717) is 16.7 Å². The van der Waals surface area contributed by atoms with E-state index in [2.05, 4.69) is 0 Å². The van der Waals surface area contributed by atoms with E-state index in [-0.39, 0.29) is 17.9 Å². The summed E-state index contributed by atoms with van der Waals surface area (Å²) in [6.45, 7) is 1.73. The average molecular weight is 371 g/mol. The third-order valence-corrected chi connectivity index (χ3v) is 4.18. The quantitative estimate of drug-likeness (QED) is 0.622. The minimum absolute atomic E-state index is 0.0938. The zero-order valence-electron chi connectivity index (χ0n) is 14.5. The molecular weight excluding hydrogens is 355 g/mol. The van der Waals surface area contributed by atoms with E-state index >= 15 is 0 Å². The van der Waals surface area contributed by atoms with Crippen molar-refractivity contribution in [1.82, 2.24) is 4.57 Å². The Bertz CT molecular complexity index is 1030. The highest BCUT2D eigenvalue weighted by molar-refractivity contribution is 5.96. The summed E-state index contributed by atoms with van der Waals surface area (Å²) in [6.07, 6.45) is -2.80. The largest absolute Gasteiger partial charge is 0.416 e. The summed E-state index contributed by atoms with van der Waals surface area (Å²) in [5.41, 5.74) is 1.25. The smallest absolute Gasteiger partial charge is 0.307 e. The third kappa shape index (κ3) is 4.34. The maximum atomic E-state index is 12.8. The highest BCUT2D eigenvalue weighted by Gasteiger charge is 2.30.